The molecule has 0 bridgehead atoms. The van der Waals surface area contributed by atoms with E-state index in [2.05, 4.69) is 5.32 Å². The van der Waals surface area contributed by atoms with E-state index in [1.807, 2.05) is 31.2 Å². The average molecular weight is 335 g/mol. The Hall–Kier alpha value is -3.34. The predicted molar refractivity (Wildman–Crippen MR) is 98.1 cm³/mol. The summed E-state index contributed by atoms with van der Waals surface area (Å²) in [6.45, 7) is 1.88. The number of rotatable bonds is 4. The minimum absolute atomic E-state index is 0.0408. The van der Waals surface area contributed by atoms with Crippen molar-refractivity contribution in [2.75, 3.05) is 12.4 Å². The van der Waals surface area contributed by atoms with Gasteiger partial charge in [-0.2, -0.15) is 0 Å². The molecule has 126 valence electrons. The van der Waals surface area contributed by atoms with Crippen LogP contribution in [0, 0.1) is 0 Å². The molecule has 5 nitrogen and oxygen atoms in total. The van der Waals surface area contributed by atoms with Crippen molar-refractivity contribution in [3.05, 3.63) is 76.2 Å². The van der Waals surface area contributed by atoms with Crippen LogP contribution in [0.4, 0.5) is 5.69 Å². The number of nitrogens with one attached hydrogen (secondary N) is 1. The molecule has 1 amide bonds. The van der Waals surface area contributed by atoms with Crippen LogP contribution in [0.5, 0.6) is 5.75 Å². The van der Waals surface area contributed by atoms with Crippen LogP contribution in [0.25, 0.3) is 17.0 Å². The highest BCUT2D eigenvalue weighted by Gasteiger charge is 2.15. The summed E-state index contributed by atoms with van der Waals surface area (Å²) in [6, 6.07) is 13.9. The first kappa shape index (κ1) is 16.5. The van der Waals surface area contributed by atoms with Gasteiger partial charge in [-0.05, 0) is 37.3 Å². The molecule has 0 radical (unpaired) electrons. The predicted octanol–water partition coefficient (Wildman–Crippen LogP) is 4.09. The normalized spacial score (nSPS) is 11.0. The van der Waals surface area contributed by atoms with E-state index in [1.165, 1.54) is 0 Å². The summed E-state index contributed by atoms with van der Waals surface area (Å²) < 4.78 is 10.5. The Morgan fingerprint density at radius 2 is 1.92 bits per heavy atom. The van der Waals surface area contributed by atoms with E-state index in [-0.39, 0.29) is 5.56 Å². The Morgan fingerprint density at radius 3 is 2.60 bits per heavy atom. The van der Waals surface area contributed by atoms with Gasteiger partial charge in [0.25, 0.3) is 5.91 Å². The summed E-state index contributed by atoms with van der Waals surface area (Å²) in [7, 11) is 1.57. The number of carbonyl (C=O) groups is 1. The summed E-state index contributed by atoms with van der Waals surface area (Å²) in [5, 5.41) is 3.38. The van der Waals surface area contributed by atoms with E-state index in [9.17, 15) is 9.59 Å². The molecule has 3 rings (SSSR count). The first-order valence-electron chi connectivity index (χ1n) is 7.77. The Kier molecular flexibility index (Phi) is 4.66. The molecule has 1 aromatic heterocycles. The maximum Gasteiger partial charge on any atom is 0.349 e. The van der Waals surface area contributed by atoms with Crippen molar-refractivity contribution >= 4 is 28.6 Å². The molecule has 5 heteroatoms. The van der Waals surface area contributed by atoms with Gasteiger partial charge in [0.1, 0.15) is 16.9 Å². The lowest BCUT2D eigenvalue weighted by molar-refractivity contribution is 0.102. The summed E-state index contributed by atoms with van der Waals surface area (Å²) in [4.78, 5) is 24.7. The Labute approximate surface area is 144 Å². The summed E-state index contributed by atoms with van der Waals surface area (Å²) in [5.41, 5.74) is 1.11. The molecule has 1 N–H and O–H groups in total. The van der Waals surface area contributed by atoms with Crippen LogP contribution < -0.4 is 15.7 Å². The van der Waals surface area contributed by atoms with E-state index < -0.39 is 11.5 Å². The number of hydrogen-bond donors (Lipinski definition) is 1. The number of amides is 1. The summed E-state index contributed by atoms with van der Waals surface area (Å²) in [6.07, 6.45) is 3.71. The lowest BCUT2D eigenvalue weighted by Crippen LogP contribution is -2.20. The second-order valence-corrected chi connectivity index (χ2v) is 5.40. The third-order valence-electron chi connectivity index (χ3n) is 3.73. The number of carbonyl (C=O) groups excluding carboxylic acids is 1. The van der Waals surface area contributed by atoms with Crippen LogP contribution in [0.2, 0.25) is 0 Å². The van der Waals surface area contributed by atoms with Gasteiger partial charge in [-0.3, -0.25) is 4.79 Å². The number of benzene rings is 2. The van der Waals surface area contributed by atoms with Crippen molar-refractivity contribution in [1.82, 2.24) is 0 Å². The maximum absolute atomic E-state index is 12.4. The number of para-hydroxylation sites is 1. The second-order valence-electron chi connectivity index (χ2n) is 5.40. The Bertz CT molecular complexity index is 1000. The first-order chi connectivity index (χ1) is 12.1. The van der Waals surface area contributed by atoms with E-state index in [0.29, 0.717) is 22.4 Å². The zero-order valence-corrected chi connectivity index (χ0v) is 13.9. The molecule has 0 aliphatic carbocycles. The fraction of sp³-hybridized carbons (Fsp3) is 0.100. The van der Waals surface area contributed by atoms with Crippen molar-refractivity contribution in [2.24, 2.45) is 0 Å². The summed E-state index contributed by atoms with van der Waals surface area (Å²) >= 11 is 0. The van der Waals surface area contributed by atoms with Crippen LogP contribution in [-0.2, 0) is 0 Å². The van der Waals surface area contributed by atoms with E-state index >= 15 is 0 Å². The highest BCUT2D eigenvalue weighted by molar-refractivity contribution is 6.05. The van der Waals surface area contributed by atoms with Crippen molar-refractivity contribution in [2.45, 2.75) is 6.92 Å². The number of allylic oxidation sites excluding steroid dienone is 1. The number of ether oxygens (including phenoxy) is 1. The van der Waals surface area contributed by atoms with Crippen LogP contribution in [0.15, 0.2) is 63.8 Å². The molecule has 0 aliphatic heterocycles. The second kappa shape index (κ2) is 7.05. The van der Waals surface area contributed by atoms with Crippen molar-refractivity contribution in [3.63, 3.8) is 0 Å². The quantitative estimate of drug-likeness (QED) is 0.729. The zero-order valence-electron chi connectivity index (χ0n) is 13.9. The first-order valence-corrected chi connectivity index (χ1v) is 7.77. The van der Waals surface area contributed by atoms with Gasteiger partial charge in [-0.15, -0.1) is 0 Å². The standard InChI is InChI=1S/C20H17NO4/c1-3-5-13-6-4-7-14-12-17(20(23)25-18(13)14)19(22)21-15-8-10-16(24-2)11-9-15/h3-12H,1-2H3,(H,21,22). The third kappa shape index (κ3) is 3.45. The largest absolute Gasteiger partial charge is 0.497 e. The highest BCUT2D eigenvalue weighted by Crippen LogP contribution is 2.20. The molecule has 2 aromatic carbocycles. The Balaban J connectivity index is 1.96. The molecule has 1 heterocycles. The highest BCUT2D eigenvalue weighted by atomic mass is 16.5. The van der Waals surface area contributed by atoms with Crippen LogP contribution in [0.1, 0.15) is 22.8 Å². The zero-order chi connectivity index (χ0) is 17.8. The third-order valence-corrected chi connectivity index (χ3v) is 3.73. The smallest absolute Gasteiger partial charge is 0.349 e. The molecule has 0 unspecified atom stereocenters. The molecular formula is C20H17NO4. The summed E-state index contributed by atoms with van der Waals surface area (Å²) in [5.74, 6) is 0.164. The number of methoxy groups -OCH3 is 1. The fourth-order valence-electron chi connectivity index (χ4n) is 2.51. The van der Waals surface area contributed by atoms with Gasteiger partial charge in [-0.25, -0.2) is 4.79 Å². The van der Waals surface area contributed by atoms with Crippen LogP contribution in [0.3, 0.4) is 0 Å². The molecule has 25 heavy (non-hydrogen) atoms. The van der Waals surface area contributed by atoms with Gasteiger partial charge in [0.2, 0.25) is 0 Å². The van der Waals surface area contributed by atoms with E-state index in [4.69, 9.17) is 9.15 Å². The Morgan fingerprint density at radius 1 is 1.16 bits per heavy atom. The average Bonchev–Trinajstić information content (AvgIpc) is 2.62. The number of fused-ring (bicyclic) bond motifs is 1. The molecular weight excluding hydrogens is 318 g/mol. The van der Waals surface area contributed by atoms with Gasteiger partial charge in [0.05, 0.1) is 7.11 Å². The van der Waals surface area contributed by atoms with Crippen LogP contribution in [-0.4, -0.2) is 13.0 Å². The van der Waals surface area contributed by atoms with E-state index in [0.717, 1.165) is 5.56 Å². The minimum atomic E-state index is -0.671. The monoisotopic (exact) mass is 335 g/mol. The molecule has 0 spiro atoms. The molecule has 0 atom stereocenters. The lowest BCUT2D eigenvalue weighted by atomic mass is 10.1. The topological polar surface area (TPSA) is 68.5 Å². The number of hydrogen-bond acceptors (Lipinski definition) is 4. The van der Waals surface area contributed by atoms with Gasteiger partial charge in [-0.1, -0.05) is 30.4 Å². The SMILES string of the molecule is CC=Cc1cccc2cc(C(=O)Nc3ccc(OC)cc3)c(=O)oc12. The van der Waals surface area contributed by atoms with Crippen molar-refractivity contribution in [3.8, 4) is 5.75 Å². The molecule has 3 aromatic rings. The van der Waals surface area contributed by atoms with Gasteiger partial charge in [0.15, 0.2) is 0 Å². The van der Waals surface area contributed by atoms with Gasteiger partial charge < -0.3 is 14.5 Å². The van der Waals surface area contributed by atoms with E-state index in [1.54, 1.807) is 43.5 Å². The number of anilines is 1. The molecule has 0 aliphatic rings. The molecule has 0 saturated carbocycles. The minimum Gasteiger partial charge on any atom is -0.497 e. The fourth-order valence-corrected chi connectivity index (χ4v) is 2.51. The maximum atomic E-state index is 12.4. The van der Waals surface area contributed by atoms with Gasteiger partial charge >= 0.3 is 5.63 Å². The molecule has 0 fully saturated rings. The van der Waals surface area contributed by atoms with Crippen molar-refractivity contribution in [1.29, 1.82) is 0 Å². The molecule has 0 saturated heterocycles. The van der Waals surface area contributed by atoms with Crippen LogP contribution >= 0.6 is 0 Å². The van der Waals surface area contributed by atoms with Gasteiger partial charge in [0, 0.05) is 16.6 Å². The lowest BCUT2D eigenvalue weighted by Gasteiger charge is -2.07. The van der Waals surface area contributed by atoms with Crippen molar-refractivity contribution < 1.29 is 13.9 Å².